The zero-order valence-electron chi connectivity index (χ0n) is 10.4. The number of ether oxygens (including phenoxy) is 2. The lowest BCUT2D eigenvalue weighted by Crippen LogP contribution is -2.16. The number of nitrogens with two attached hydrogens (primary N) is 1. The predicted molar refractivity (Wildman–Crippen MR) is 73.5 cm³/mol. The van der Waals surface area contributed by atoms with Crippen LogP contribution < -0.4 is 20.5 Å². The molecule has 2 aromatic carbocycles. The van der Waals surface area contributed by atoms with Gasteiger partial charge in [-0.25, -0.2) is 4.79 Å². The monoisotopic (exact) mass is 258 g/mol. The van der Waals surface area contributed by atoms with Crippen LogP contribution in [-0.2, 0) is 0 Å². The van der Waals surface area contributed by atoms with Crippen LogP contribution in [0.3, 0.4) is 0 Å². The van der Waals surface area contributed by atoms with Crippen molar-refractivity contribution in [1.29, 1.82) is 0 Å². The molecule has 0 aromatic heterocycles. The Kier molecular flexibility index (Phi) is 3.87. The zero-order valence-corrected chi connectivity index (χ0v) is 10.4. The molecule has 0 aliphatic rings. The van der Waals surface area contributed by atoms with E-state index in [0.717, 1.165) is 0 Å². The Morgan fingerprint density at radius 3 is 2.42 bits per heavy atom. The average Bonchev–Trinajstić information content (AvgIpc) is 2.39. The maximum atomic E-state index is 11.6. The minimum Gasteiger partial charge on any atom is -0.497 e. The second-order valence-electron chi connectivity index (χ2n) is 3.82. The second kappa shape index (κ2) is 5.77. The number of methoxy groups -OCH3 is 1. The van der Waals surface area contributed by atoms with E-state index in [1.165, 1.54) is 0 Å². The van der Waals surface area contributed by atoms with Crippen LogP contribution in [0.15, 0.2) is 48.5 Å². The van der Waals surface area contributed by atoms with Gasteiger partial charge in [-0.2, -0.15) is 0 Å². The third kappa shape index (κ3) is 3.64. The van der Waals surface area contributed by atoms with Crippen molar-refractivity contribution in [3.63, 3.8) is 0 Å². The van der Waals surface area contributed by atoms with E-state index in [2.05, 4.69) is 5.32 Å². The van der Waals surface area contributed by atoms with Gasteiger partial charge in [0.2, 0.25) is 0 Å². The molecule has 0 aliphatic heterocycles. The van der Waals surface area contributed by atoms with Gasteiger partial charge in [0.15, 0.2) is 0 Å². The number of carbonyl (C=O) groups is 1. The van der Waals surface area contributed by atoms with Crippen LogP contribution in [-0.4, -0.2) is 13.2 Å². The molecule has 0 saturated heterocycles. The second-order valence-corrected chi connectivity index (χ2v) is 3.82. The summed E-state index contributed by atoms with van der Waals surface area (Å²) in [6, 6.07) is 13.6. The van der Waals surface area contributed by atoms with Gasteiger partial charge >= 0.3 is 6.09 Å². The summed E-state index contributed by atoms with van der Waals surface area (Å²) < 4.78 is 10.1. The molecule has 3 N–H and O–H groups in total. The van der Waals surface area contributed by atoms with Crippen molar-refractivity contribution >= 4 is 17.5 Å². The van der Waals surface area contributed by atoms with Crippen molar-refractivity contribution in [3.05, 3.63) is 48.5 Å². The molecular weight excluding hydrogens is 244 g/mol. The molecule has 2 rings (SSSR count). The van der Waals surface area contributed by atoms with Crippen LogP contribution in [0.4, 0.5) is 16.2 Å². The molecule has 5 heteroatoms. The average molecular weight is 258 g/mol. The maximum Gasteiger partial charge on any atom is 0.417 e. The molecule has 0 aliphatic carbocycles. The normalized spacial score (nSPS) is 9.74. The lowest BCUT2D eigenvalue weighted by atomic mass is 10.3. The fourth-order valence-corrected chi connectivity index (χ4v) is 1.51. The molecule has 0 bridgehead atoms. The summed E-state index contributed by atoms with van der Waals surface area (Å²) in [5.41, 5.74) is 6.77. The number of amides is 1. The van der Waals surface area contributed by atoms with Gasteiger partial charge in [0.1, 0.15) is 11.5 Å². The summed E-state index contributed by atoms with van der Waals surface area (Å²) in [5.74, 6) is 1.13. The Hall–Kier alpha value is -2.69. The lowest BCUT2D eigenvalue weighted by Gasteiger charge is -2.07. The van der Waals surface area contributed by atoms with E-state index >= 15 is 0 Å². The molecule has 5 nitrogen and oxygen atoms in total. The first-order chi connectivity index (χ1) is 9.17. The van der Waals surface area contributed by atoms with Crippen molar-refractivity contribution in [2.45, 2.75) is 0 Å². The zero-order chi connectivity index (χ0) is 13.7. The highest BCUT2D eigenvalue weighted by molar-refractivity contribution is 5.86. The largest absolute Gasteiger partial charge is 0.497 e. The number of carbonyl (C=O) groups excluding carboxylic acids is 1. The molecule has 2 aromatic rings. The number of hydrogen-bond donors (Lipinski definition) is 2. The van der Waals surface area contributed by atoms with E-state index in [1.807, 2.05) is 0 Å². The summed E-state index contributed by atoms with van der Waals surface area (Å²) in [6.45, 7) is 0. The van der Waals surface area contributed by atoms with Crippen LogP contribution in [0.25, 0.3) is 0 Å². The van der Waals surface area contributed by atoms with E-state index < -0.39 is 6.09 Å². The number of rotatable bonds is 3. The molecule has 98 valence electrons. The molecular formula is C14H14N2O3. The highest BCUT2D eigenvalue weighted by Crippen LogP contribution is 2.18. The minimum absolute atomic E-state index is 0.433. The van der Waals surface area contributed by atoms with E-state index in [0.29, 0.717) is 22.9 Å². The Labute approximate surface area is 110 Å². The smallest absolute Gasteiger partial charge is 0.417 e. The summed E-state index contributed by atoms with van der Waals surface area (Å²) in [5, 5.41) is 2.59. The van der Waals surface area contributed by atoms with Gasteiger partial charge in [0, 0.05) is 11.4 Å². The van der Waals surface area contributed by atoms with Crippen LogP contribution in [0.1, 0.15) is 0 Å². The fraction of sp³-hybridized carbons (Fsp3) is 0.0714. The third-order valence-corrected chi connectivity index (χ3v) is 2.40. The van der Waals surface area contributed by atoms with Crippen molar-refractivity contribution in [1.82, 2.24) is 0 Å². The summed E-state index contributed by atoms with van der Waals surface area (Å²) in [6.07, 6.45) is -0.573. The van der Waals surface area contributed by atoms with Crippen LogP contribution in [0.5, 0.6) is 11.5 Å². The number of anilines is 2. The highest BCUT2D eigenvalue weighted by Gasteiger charge is 2.05. The SMILES string of the molecule is COc1ccc(OC(=O)Nc2cccc(N)c2)cc1. The number of nitrogen functional groups attached to an aromatic ring is 1. The third-order valence-electron chi connectivity index (χ3n) is 2.40. The predicted octanol–water partition coefficient (Wildman–Crippen LogP) is 2.89. The fourth-order valence-electron chi connectivity index (χ4n) is 1.51. The molecule has 0 saturated carbocycles. The van der Waals surface area contributed by atoms with Gasteiger partial charge in [0.25, 0.3) is 0 Å². The Balaban J connectivity index is 1.97. The van der Waals surface area contributed by atoms with E-state index in [1.54, 1.807) is 55.6 Å². The van der Waals surface area contributed by atoms with Crippen molar-refractivity contribution < 1.29 is 14.3 Å². The molecule has 19 heavy (non-hydrogen) atoms. The molecule has 1 amide bonds. The molecule has 0 spiro atoms. The van der Waals surface area contributed by atoms with Gasteiger partial charge in [0.05, 0.1) is 7.11 Å². The van der Waals surface area contributed by atoms with Crippen LogP contribution in [0.2, 0.25) is 0 Å². The van der Waals surface area contributed by atoms with Crippen molar-refractivity contribution in [2.75, 3.05) is 18.2 Å². The van der Waals surface area contributed by atoms with Crippen molar-refractivity contribution in [3.8, 4) is 11.5 Å². The summed E-state index contributed by atoms with van der Waals surface area (Å²) >= 11 is 0. The Morgan fingerprint density at radius 2 is 1.79 bits per heavy atom. The highest BCUT2D eigenvalue weighted by atomic mass is 16.6. The van der Waals surface area contributed by atoms with Gasteiger partial charge in [-0.15, -0.1) is 0 Å². The molecule has 0 atom stereocenters. The molecule has 0 fully saturated rings. The molecule has 0 unspecified atom stereocenters. The van der Waals surface area contributed by atoms with Gasteiger partial charge < -0.3 is 15.2 Å². The standard InChI is InChI=1S/C14H14N2O3/c1-18-12-5-7-13(8-6-12)19-14(17)16-11-4-2-3-10(15)9-11/h2-9H,15H2,1H3,(H,16,17). The van der Waals surface area contributed by atoms with Gasteiger partial charge in [-0.3, -0.25) is 5.32 Å². The minimum atomic E-state index is -0.573. The quantitative estimate of drug-likeness (QED) is 0.830. The number of nitrogens with one attached hydrogen (secondary N) is 1. The van der Waals surface area contributed by atoms with Crippen LogP contribution >= 0.6 is 0 Å². The Bertz CT molecular complexity index is 567. The van der Waals surface area contributed by atoms with Crippen molar-refractivity contribution in [2.24, 2.45) is 0 Å². The number of hydrogen-bond acceptors (Lipinski definition) is 4. The van der Waals surface area contributed by atoms with E-state index in [-0.39, 0.29) is 0 Å². The van der Waals surface area contributed by atoms with Gasteiger partial charge in [-0.05, 0) is 42.5 Å². The number of benzene rings is 2. The van der Waals surface area contributed by atoms with Crippen LogP contribution in [0, 0.1) is 0 Å². The van der Waals surface area contributed by atoms with E-state index in [4.69, 9.17) is 15.2 Å². The summed E-state index contributed by atoms with van der Waals surface area (Å²) in [4.78, 5) is 11.6. The summed E-state index contributed by atoms with van der Waals surface area (Å²) in [7, 11) is 1.57. The van der Waals surface area contributed by atoms with E-state index in [9.17, 15) is 4.79 Å². The maximum absolute atomic E-state index is 11.6. The topological polar surface area (TPSA) is 73.6 Å². The molecule has 0 radical (unpaired) electrons. The van der Waals surface area contributed by atoms with Gasteiger partial charge in [-0.1, -0.05) is 6.07 Å². The first-order valence-corrected chi connectivity index (χ1v) is 5.66. The lowest BCUT2D eigenvalue weighted by molar-refractivity contribution is 0.215. The first kappa shape index (κ1) is 12.8. The Morgan fingerprint density at radius 1 is 1.11 bits per heavy atom. The molecule has 0 heterocycles. The first-order valence-electron chi connectivity index (χ1n) is 5.66.